The van der Waals surface area contributed by atoms with Crippen LogP contribution in [0, 0.1) is 0 Å². The molecule has 0 saturated heterocycles. The van der Waals surface area contributed by atoms with Gasteiger partial charge >= 0.3 is 0 Å². The van der Waals surface area contributed by atoms with Crippen LogP contribution in [0.3, 0.4) is 0 Å². The molecule has 10 aromatic carbocycles. The maximum Gasteiger partial charge on any atom is 0.197 e. The molecule has 0 aliphatic rings. The van der Waals surface area contributed by atoms with Crippen LogP contribution in [0.1, 0.15) is 0 Å². The van der Waals surface area contributed by atoms with Crippen molar-refractivity contribution in [3.8, 4) is 61.3 Å². The van der Waals surface area contributed by atoms with E-state index in [9.17, 15) is 4.79 Å². The second-order valence-electron chi connectivity index (χ2n) is 16.1. The van der Waals surface area contributed by atoms with Crippen LogP contribution in [0.5, 0.6) is 0 Å². The summed E-state index contributed by atoms with van der Waals surface area (Å²) in [7, 11) is 0. The Bertz CT molecular complexity index is 3260. The van der Waals surface area contributed by atoms with Gasteiger partial charge in [0.2, 0.25) is 0 Å². The van der Waals surface area contributed by atoms with Crippen molar-refractivity contribution in [1.29, 1.82) is 0 Å². The smallest absolute Gasteiger partial charge is 0.197 e. The number of rotatable bonds is 9. The first-order chi connectivity index (χ1) is 31.6. The van der Waals surface area contributed by atoms with Crippen LogP contribution in [-0.4, -0.2) is 4.57 Å². The highest BCUT2D eigenvalue weighted by atomic mass is 16.1. The van der Waals surface area contributed by atoms with Gasteiger partial charge in [-0.1, -0.05) is 182 Å². The summed E-state index contributed by atoms with van der Waals surface area (Å²) in [5.74, 6) is 0. The molecule has 64 heavy (non-hydrogen) atoms. The van der Waals surface area contributed by atoms with Crippen molar-refractivity contribution >= 4 is 38.9 Å². The van der Waals surface area contributed by atoms with Crippen molar-refractivity contribution in [3.05, 3.63) is 265 Å². The van der Waals surface area contributed by atoms with Gasteiger partial charge in [-0.15, -0.1) is 0 Å². The average molecular weight is 819 g/mol. The van der Waals surface area contributed by atoms with Gasteiger partial charge < -0.3 is 9.47 Å². The van der Waals surface area contributed by atoms with E-state index in [1.54, 1.807) is 0 Å². The van der Waals surface area contributed by atoms with E-state index in [4.69, 9.17) is 0 Å². The molecule has 3 nitrogen and oxygen atoms in total. The average Bonchev–Trinajstić information content (AvgIpc) is 3.38. The summed E-state index contributed by atoms with van der Waals surface area (Å²) >= 11 is 0. The van der Waals surface area contributed by atoms with E-state index < -0.39 is 0 Å². The van der Waals surface area contributed by atoms with Gasteiger partial charge in [-0.05, 0) is 128 Å². The Kier molecular flexibility index (Phi) is 10.0. The molecule has 0 N–H and O–H groups in total. The third-order valence-corrected chi connectivity index (χ3v) is 12.2. The molecular weight excluding hydrogens is 777 g/mol. The van der Waals surface area contributed by atoms with E-state index in [-0.39, 0.29) is 5.43 Å². The van der Waals surface area contributed by atoms with Gasteiger partial charge in [0.05, 0.1) is 11.0 Å². The van der Waals surface area contributed by atoms with E-state index in [0.717, 1.165) is 56.0 Å². The number of pyridine rings is 1. The molecule has 0 radical (unpaired) electrons. The standard InChI is InChI=1S/C61H42N2O/c64-61-57-18-7-9-20-59(57)63(60-21-10-8-19-58(60)61)56-17-11-16-52(42-56)51-34-40-55(41-35-51)62(53-36-30-49(31-37-53)47-26-22-45(23-27-47)43-12-3-1-4-13-43)54-38-32-50(33-39-54)48-28-24-46(25-29-48)44-14-5-2-6-15-44/h1-42H. The number of fused-ring (bicyclic) bond motifs is 2. The number of aromatic nitrogens is 1. The van der Waals surface area contributed by atoms with Crippen molar-refractivity contribution in [3.63, 3.8) is 0 Å². The molecule has 0 fully saturated rings. The largest absolute Gasteiger partial charge is 0.311 e. The van der Waals surface area contributed by atoms with E-state index in [1.807, 2.05) is 48.5 Å². The molecule has 0 aliphatic heterocycles. The summed E-state index contributed by atoms with van der Waals surface area (Å²) in [5, 5.41) is 1.41. The van der Waals surface area contributed by atoms with Crippen LogP contribution in [0.2, 0.25) is 0 Å². The normalized spacial score (nSPS) is 11.2. The Morgan fingerprint density at radius 2 is 0.562 bits per heavy atom. The Morgan fingerprint density at radius 3 is 0.953 bits per heavy atom. The summed E-state index contributed by atoms with van der Waals surface area (Å²) in [6, 6.07) is 89.5. The maximum atomic E-state index is 13.5. The highest BCUT2D eigenvalue weighted by molar-refractivity contribution is 5.95. The summed E-state index contributed by atoms with van der Waals surface area (Å²) in [6.07, 6.45) is 0. The molecule has 0 saturated carbocycles. The molecular formula is C61H42N2O. The number of hydrogen-bond donors (Lipinski definition) is 0. The van der Waals surface area contributed by atoms with E-state index in [2.05, 4.69) is 216 Å². The molecule has 302 valence electrons. The fraction of sp³-hybridized carbons (Fsp3) is 0. The van der Waals surface area contributed by atoms with Crippen LogP contribution in [-0.2, 0) is 0 Å². The zero-order valence-corrected chi connectivity index (χ0v) is 35.1. The third-order valence-electron chi connectivity index (χ3n) is 12.2. The Labute approximate surface area is 373 Å². The summed E-state index contributed by atoms with van der Waals surface area (Å²) in [4.78, 5) is 15.8. The first kappa shape index (κ1) is 38.4. The molecule has 0 bridgehead atoms. The minimum absolute atomic E-state index is 0.0537. The Balaban J connectivity index is 0.938. The van der Waals surface area contributed by atoms with Crippen LogP contribution >= 0.6 is 0 Å². The van der Waals surface area contributed by atoms with Gasteiger partial charge in [-0.25, -0.2) is 0 Å². The molecule has 11 aromatic rings. The predicted molar refractivity (Wildman–Crippen MR) is 269 cm³/mol. The lowest BCUT2D eigenvalue weighted by molar-refractivity contribution is 1.16. The number of anilines is 3. The lowest BCUT2D eigenvalue weighted by Gasteiger charge is -2.26. The minimum atomic E-state index is 0.0537. The van der Waals surface area contributed by atoms with Gasteiger partial charge in [0.25, 0.3) is 0 Å². The van der Waals surface area contributed by atoms with Gasteiger partial charge in [0.1, 0.15) is 0 Å². The monoisotopic (exact) mass is 818 g/mol. The summed E-state index contributed by atoms with van der Waals surface area (Å²) < 4.78 is 2.20. The first-order valence-corrected chi connectivity index (χ1v) is 21.7. The van der Waals surface area contributed by atoms with E-state index in [0.29, 0.717) is 10.8 Å². The van der Waals surface area contributed by atoms with Crippen LogP contribution in [0.15, 0.2) is 260 Å². The zero-order chi connectivity index (χ0) is 42.8. The summed E-state index contributed by atoms with van der Waals surface area (Å²) in [5.41, 5.74) is 17.7. The predicted octanol–water partition coefficient (Wildman–Crippen LogP) is 15.9. The highest BCUT2D eigenvalue weighted by Crippen LogP contribution is 2.39. The quantitative estimate of drug-likeness (QED) is 0.136. The van der Waals surface area contributed by atoms with Gasteiger partial charge in [0, 0.05) is 33.5 Å². The number of hydrogen-bond acceptors (Lipinski definition) is 2. The van der Waals surface area contributed by atoms with Gasteiger partial charge in [-0.3, -0.25) is 4.79 Å². The van der Waals surface area contributed by atoms with Crippen molar-refractivity contribution in [2.45, 2.75) is 0 Å². The molecule has 3 heteroatoms. The van der Waals surface area contributed by atoms with Crippen LogP contribution in [0.25, 0.3) is 83.1 Å². The van der Waals surface area contributed by atoms with Gasteiger partial charge in [0.15, 0.2) is 5.43 Å². The van der Waals surface area contributed by atoms with Crippen LogP contribution in [0.4, 0.5) is 17.1 Å². The molecule has 0 atom stereocenters. The number of benzene rings is 10. The fourth-order valence-electron chi connectivity index (χ4n) is 8.93. The Morgan fingerprint density at radius 1 is 0.266 bits per heavy atom. The van der Waals surface area contributed by atoms with Crippen molar-refractivity contribution in [2.24, 2.45) is 0 Å². The zero-order valence-electron chi connectivity index (χ0n) is 35.1. The lowest BCUT2D eigenvalue weighted by Crippen LogP contribution is -2.10. The first-order valence-electron chi connectivity index (χ1n) is 21.7. The molecule has 0 amide bonds. The third kappa shape index (κ3) is 7.36. The summed E-state index contributed by atoms with van der Waals surface area (Å²) in [6.45, 7) is 0. The topological polar surface area (TPSA) is 25.2 Å². The lowest BCUT2D eigenvalue weighted by atomic mass is 9.99. The van der Waals surface area contributed by atoms with Crippen molar-refractivity contribution in [1.82, 2.24) is 4.57 Å². The number of nitrogens with zero attached hydrogens (tertiary/aromatic N) is 2. The molecule has 11 rings (SSSR count). The minimum Gasteiger partial charge on any atom is -0.311 e. The second kappa shape index (κ2) is 16.7. The molecule has 0 aliphatic carbocycles. The van der Waals surface area contributed by atoms with E-state index >= 15 is 0 Å². The molecule has 1 heterocycles. The van der Waals surface area contributed by atoms with Crippen molar-refractivity contribution in [2.75, 3.05) is 4.90 Å². The highest BCUT2D eigenvalue weighted by Gasteiger charge is 2.16. The molecule has 0 unspecified atom stereocenters. The maximum absolute atomic E-state index is 13.5. The fourth-order valence-corrected chi connectivity index (χ4v) is 8.93. The van der Waals surface area contributed by atoms with Gasteiger partial charge in [-0.2, -0.15) is 0 Å². The Hall–Kier alpha value is -8.53. The molecule has 0 spiro atoms. The van der Waals surface area contributed by atoms with E-state index in [1.165, 1.54) is 33.4 Å². The van der Waals surface area contributed by atoms with Crippen molar-refractivity contribution < 1.29 is 0 Å². The SMILES string of the molecule is O=c1c2ccccc2n(-c2cccc(-c3ccc(N(c4ccc(-c5ccc(-c6ccccc6)cc5)cc4)c4ccc(-c5ccc(-c6ccccc6)cc5)cc4)cc3)c2)c2ccccc12. The second-order valence-corrected chi connectivity index (χ2v) is 16.1. The number of para-hydroxylation sites is 2. The molecule has 1 aromatic heterocycles. The van der Waals surface area contributed by atoms with Crippen LogP contribution < -0.4 is 10.3 Å².